The van der Waals surface area contributed by atoms with Gasteiger partial charge in [0.05, 0.1) is 6.10 Å². The second-order valence-electron chi connectivity index (χ2n) is 6.47. The van der Waals surface area contributed by atoms with Gasteiger partial charge < -0.3 is 10.8 Å². The molecular weight excluding hydrogens is 248 g/mol. The summed E-state index contributed by atoms with van der Waals surface area (Å²) in [5, 5.41) is 10.5. The SMILES string of the molecule is CC(C)CN(CC(O)c1ccc(N)cc1)C1CCCC1. The number of nitrogen functional groups attached to an aromatic ring is 1. The first kappa shape index (κ1) is 15.3. The van der Waals surface area contributed by atoms with E-state index in [4.69, 9.17) is 5.73 Å². The summed E-state index contributed by atoms with van der Waals surface area (Å²) in [5.41, 5.74) is 7.41. The fourth-order valence-corrected chi connectivity index (χ4v) is 3.16. The largest absolute Gasteiger partial charge is 0.399 e. The minimum Gasteiger partial charge on any atom is -0.399 e. The van der Waals surface area contributed by atoms with Crippen LogP contribution in [0.2, 0.25) is 0 Å². The maximum absolute atomic E-state index is 10.5. The van der Waals surface area contributed by atoms with Crippen molar-refractivity contribution in [3.8, 4) is 0 Å². The quantitative estimate of drug-likeness (QED) is 0.784. The number of nitrogens with two attached hydrogens (primary N) is 1. The molecule has 0 amide bonds. The van der Waals surface area contributed by atoms with Crippen LogP contribution in [0.5, 0.6) is 0 Å². The van der Waals surface area contributed by atoms with Crippen molar-refractivity contribution in [3.63, 3.8) is 0 Å². The van der Waals surface area contributed by atoms with Gasteiger partial charge in [0, 0.05) is 24.8 Å². The third kappa shape index (κ3) is 4.22. The molecule has 0 radical (unpaired) electrons. The van der Waals surface area contributed by atoms with Crippen LogP contribution in [-0.2, 0) is 0 Å². The maximum Gasteiger partial charge on any atom is 0.0917 e. The highest BCUT2D eigenvalue weighted by Gasteiger charge is 2.25. The predicted molar refractivity (Wildman–Crippen MR) is 84.5 cm³/mol. The minimum atomic E-state index is -0.421. The number of nitrogens with zero attached hydrogens (tertiary/aromatic N) is 1. The summed E-state index contributed by atoms with van der Waals surface area (Å²) >= 11 is 0. The molecule has 0 heterocycles. The summed E-state index contributed by atoms with van der Waals surface area (Å²) < 4.78 is 0. The van der Waals surface area contributed by atoms with Crippen LogP contribution in [0.4, 0.5) is 5.69 Å². The number of anilines is 1. The number of aliphatic hydroxyl groups excluding tert-OH is 1. The van der Waals surface area contributed by atoms with E-state index in [0.29, 0.717) is 12.0 Å². The van der Waals surface area contributed by atoms with Crippen molar-refractivity contribution in [2.24, 2.45) is 5.92 Å². The second kappa shape index (κ2) is 7.09. The average Bonchev–Trinajstić information content (AvgIpc) is 2.92. The van der Waals surface area contributed by atoms with E-state index >= 15 is 0 Å². The molecule has 1 aliphatic rings. The van der Waals surface area contributed by atoms with Crippen LogP contribution < -0.4 is 5.73 Å². The summed E-state index contributed by atoms with van der Waals surface area (Å²) in [6.07, 6.45) is 4.80. The Bertz CT molecular complexity index is 396. The van der Waals surface area contributed by atoms with E-state index in [-0.39, 0.29) is 0 Å². The zero-order chi connectivity index (χ0) is 14.5. The first-order valence-corrected chi connectivity index (χ1v) is 7.84. The lowest BCUT2D eigenvalue weighted by molar-refractivity contribution is 0.0796. The van der Waals surface area contributed by atoms with Crippen molar-refractivity contribution < 1.29 is 5.11 Å². The highest BCUT2D eigenvalue weighted by atomic mass is 16.3. The van der Waals surface area contributed by atoms with Gasteiger partial charge in [-0.3, -0.25) is 4.90 Å². The molecule has 1 aromatic carbocycles. The van der Waals surface area contributed by atoms with Gasteiger partial charge in [-0.05, 0) is 36.5 Å². The monoisotopic (exact) mass is 276 g/mol. The molecule has 112 valence electrons. The Hall–Kier alpha value is -1.06. The summed E-state index contributed by atoms with van der Waals surface area (Å²) in [4.78, 5) is 2.48. The lowest BCUT2D eigenvalue weighted by Gasteiger charge is -2.32. The molecule has 1 unspecified atom stereocenters. The molecule has 3 heteroatoms. The summed E-state index contributed by atoms with van der Waals surface area (Å²) in [6, 6.07) is 8.24. The van der Waals surface area contributed by atoms with Crippen molar-refractivity contribution >= 4 is 5.69 Å². The normalized spacial score (nSPS) is 18.1. The molecule has 0 spiro atoms. The van der Waals surface area contributed by atoms with Gasteiger partial charge in [-0.2, -0.15) is 0 Å². The molecule has 1 aromatic rings. The molecule has 0 bridgehead atoms. The zero-order valence-corrected chi connectivity index (χ0v) is 12.8. The van der Waals surface area contributed by atoms with Crippen molar-refractivity contribution in [1.82, 2.24) is 4.90 Å². The lowest BCUT2D eigenvalue weighted by atomic mass is 10.1. The van der Waals surface area contributed by atoms with Crippen LogP contribution in [-0.4, -0.2) is 29.1 Å². The topological polar surface area (TPSA) is 49.5 Å². The van der Waals surface area contributed by atoms with Crippen LogP contribution in [0, 0.1) is 5.92 Å². The van der Waals surface area contributed by atoms with E-state index in [1.165, 1.54) is 25.7 Å². The first-order valence-electron chi connectivity index (χ1n) is 7.84. The molecule has 20 heavy (non-hydrogen) atoms. The van der Waals surface area contributed by atoms with E-state index in [1.54, 1.807) is 0 Å². The fraction of sp³-hybridized carbons (Fsp3) is 0.647. The Morgan fingerprint density at radius 3 is 2.30 bits per heavy atom. The predicted octanol–water partition coefficient (Wildman–Crippen LogP) is 3.20. The standard InChI is InChI=1S/C17H28N2O/c1-13(2)11-19(16-5-3-4-6-16)12-17(20)14-7-9-15(18)10-8-14/h7-10,13,16-17,20H,3-6,11-12,18H2,1-2H3. The third-order valence-corrected chi connectivity index (χ3v) is 4.17. The van der Waals surface area contributed by atoms with E-state index < -0.39 is 6.10 Å². The molecule has 1 fully saturated rings. The Labute approximate surface area is 122 Å². The molecule has 1 atom stereocenters. The van der Waals surface area contributed by atoms with Crippen LogP contribution in [0.25, 0.3) is 0 Å². The molecule has 1 aliphatic carbocycles. The van der Waals surface area contributed by atoms with Gasteiger partial charge in [-0.15, -0.1) is 0 Å². The Balaban J connectivity index is 2.00. The molecule has 0 aromatic heterocycles. The Morgan fingerprint density at radius 1 is 1.15 bits per heavy atom. The van der Waals surface area contributed by atoms with E-state index in [9.17, 15) is 5.11 Å². The third-order valence-electron chi connectivity index (χ3n) is 4.17. The van der Waals surface area contributed by atoms with E-state index in [2.05, 4.69) is 18.7 Å². The highest BCUT2D eigenvalue weighted by Crippen LogP contribution is 2.26. The van der Waals surface area contributed by atoms with Crippen LogP contribution in [0.3, 0.4) is 0 Å². The molecular formula is C17H28N2O. The van der Waals surface area contributed by atoms with Gasteiger partial charge >= 0.3 is 0 Å². The fourth-order valence-electron chi connectivity index (χ4n) is 3.16. The van der Waals surface area contributed by atoms with E-state index in [0.717, 1.165) is 24.3 Å². The molecule has 1 saturated carbocycles. The van der Waals surface area contributed by atoms with E-state index in [1.807, 2.05) is 24.3 Å². The average molecular weight is 276 g/mol. The second-order valence-corrected chi connectivity index (χ2v) is 6.47. The van der Waals surface area contributed by atoms with Crippen molar-refractivity contribution in [2.75, 3.05) is 18.8 Å². The minimum absolute atomic E-state index is 0.421. The number of benzene rings is 1. The number of aliphatic hydroxyl groups is 1. The van der Waals surface area contributed by atoms with Gasteiger partial charge in [-0.1, -0.05) is 38.8 Å². The molecule has 3 N–H and O–H groups in total. The van der Waals surface area contributed by atoms with Gasteiger partial charge in [0.25, 0.3) is 0 Å². The van der Waals surface area contributed by atoms with Crippen molar-refractivity contribution in [2.45, 2.75) is 51.7 Å². The first-order chi connectivity index (χ1) is 9.56. The van der Waals surface area contributed by atoms with Crippen LogP contribution >= 0.6 is 0 Å². The number of hydrogen-bond donors (Lipinski definition) is 2. The lowest BCUT2D eigenvalue weighted by Crippen LogP contribution is -2.39. The van der Waals surface area contributed by atoms with Gasteiger partial charge in [0.1, 0.15) is 0 Å². The summed E-state index contributed by atoms with van der Waals surface area (Å²) in [5.74, 6) is 0.634. The Kier molecular flexibility index (Phi) is 5.44. The smallest absolute Gasteiger partial charge is 0.0917 e. The Morgan fingerprint density at radius 2 is 1.75 bits per heavy atom. The molecule has 0 aliphatic heterocycles. The molecule has 0 saturated heterocycles. The highest BCUT2D eigenvalue weighted by molar-refractivity contribution is 5.39. The summed E-state index contributed by atoms with van der Waals surface area (Å²) in [6.45, 7) is 6.29. The van der Waals surface area contributed by atoms with Crippen molar-refractivity contribution in [1.29, 1.82) is 0 Å². The molecule has 3 nitrogen and oxygen atoms in total. The maximum atomic E-state index is 10.5. The number of hydrogen-bond acceptors (Lipinski definition) is 3. The van der Waals surface area contributed by atoms with Crippen LogP contribution in [0.15, 0.2) is 24.3 Å². The van der Waals surface area contributed by atoms with Gasteiger partial charge in [0.15, 0.2) is 0 Å². The number of rotatable bonds is 6. The van der Waals surface area contributed by atoms with Gasteiger partial charge in [-0.25, -0.2) is 0 Å². The van der Waals surface area contributed by atoms with Gasteiger partial charge in [0.2, 0.25) is 0 Å². The van der Waals surface area contributed by atoms with Crippen LogP contribution in [0.1, 0.15) is 51.2 Å². The van der Waals surface area contributed by atoms with Crippen molar-refractivity contribution in [3.05, 3.63) is 29.8 Å². The summed E-state index contributed by atoms with van der Waals surface area (Å²) in [7, 11) is 0. The zero-order valence-electron chi connectivity index (χ0n) is 12.8. The molecule has 2 rings (SSSR count).